The van der Waals surface area contributed by atoms with Crippen molar-refractivity contribution < 1.29 is 9.90 Å². The van der Waals surface area contributed by atoms with Crippen LogP contribution >= 0.6 is 11.8 Å². The van der Waals surface area contributed by atoms with E-state index in [1.165, 1.54) is 14.1 Å². The molecule has 1 aromatic heterocycles. The maximum Gasteiger partial charge on any atom is 0.333 e. The Morgan fingerprint density at radius 2 is 1.71 bits per heavy atom. The number of aromatic hydroxyl groups is 1. The summed E-state index contributed by atoms with van der Waals surface area (Å²) < 4.78 is 1.93. The lowest BCUT2D eigenvalue weighted by Crippen LogP contribution is -2.40. The van der Waals surface area contributed by atoms with E-state index in [0.29, 0.717) is 5.69 Å². The van der Waals surface area contributed by atoms with Gasteiger partial charge >= 0.3 is 5.69 Å². The molecule has 0 atom stereocenters. The fraction of sp³-hybridized carbons (Fsp3) is 0.455. The molecule has 0 spiro atoms. The third kappa shape index (κ3) is 5.10. The molecule has 0 unspecified atom stereocenters. The summed E-state index contributed by atoms with van der Waals surface area (Å²) in [6, 6.07) is 7.54. The molecular formula is C22H28N4O4S. The van der Waals surface area contributed by atoms with Gasteiger partial charge in [0.2, 0.25) is 11.8 Å². The molecule has 1 N–H and O–H groups in total. The van der Waals surface area contributed by atoms with Crippen molar-refractivity contribution in [1.82, 2.24) is 14.0 Å². The second kappa shape index (κ2) is 10.00. The van der Waals surface area contributed by atoms with Crippen molar-refractivity contribution in [2.75, 3.05) is 18.8 Å². The predicted molar refractivity (Wildman–Crippen MR) is 123 cm³/mol. The predicted octanol–water partition coefficient (Wildman–Crippen LogP) is 2.18. The van der Waals surface area contributed by atoms with E-state index in [9.17, 15) is 19.5 Å². The average Bonchev–Trinajstić information content (AvgIpc) is 2.80. The Hall–Kier alpha value is -2.81. The SMILES string of the molecule is CCc1ccc(N=C(SCC(=O)N2CCCCC2)c2c(O)n(C)c(=O)n(C)c2=O)cc1. The second-order valence-electron chi connectivity index (χ2n) is 7.57. The van der Waals surface area contributed by atoms with Crippen molar-refractivity contribution in [1.29, 1.82) is 0 Å². The van der Waals surface area contributed by atoms with E-state index in [1.807, 2.05) is 29.2 Å². The fourth-order valence-corrected chi connectivity index (χ4v) is 4.40. The van der Waals surface area contributed by atoms with Gasteiger partial charge in [0.15, 0.2) is 0 Å². The molecule has 1 aliphatic rings. The molecule has 1 amide bonds. The Kier molecular flexibility index (Phi) is 7.37. The maximum absolute atomic E-state index is 12.8. The zero-order chi connectivity index (χ0) is 22.5. The molecule has 0 saturated carbocycles. The van der Waals surface area contributed by atoms with Crippen molar-refractivity contribution in [3.8, 4) is 5.88 Å². The minimum Gasteiger partial charge on any atom is -0.494 e. The van der Waals surface area contributed by atoms with E-state index in [-0.39, 0.29) is 22.3 Å². The van der Waals surface area contributed by atoms with Gasteiger partial charge in [-0.1, -0.05) is 30.8 Å². The number of amides is 1. The summed E-state index contributed by atoms with van der Waals surface area (Å²) in [6.07, 6.45) is 3.99. The Labute approximate surface area is 185 Å². The van der Waals surface area contributed by atoms with Crippen LogP contribution in [0.1, 0.15) is 37.3 Å². The lowest BCUT2D eigenvalue weighted by molar-refractivity contribution is -0.129. The first-order valence-corrected chi connectivity index (χ1v) is 11.4. The summed E-state index contributed by atoms with van der Waals surface area (Å²) in [7, 11) is 2.74. The zero-order valence-corrected chi connectivity index (χ0v) is 18.9. The van der Waals surface area contributed by atoms with Gasteiger partial charge in [-0.15, -0.1) is 0 Å². The number of hydrogen-bond donors (Lipinski definition) is 1. The van der Waals surface area contributed by atoms with Crippen LogP contribution in [0.25, 0.3) is 0 Å². The van der Waals surface area contributed by atoms with Crippen molar-refractivity contribution in [3.63, 3.8) is 0 Å². The fourth-order valence-electron chi connectivity index (χ4n) is 3.47. The van der Waals surface area contributed by atoms with Gasteiger partial charge in [-0.05, 0) is 43.4 Å². The number of likely N-dealkylation sites (tertiary alicyclic amines) is 1. The number of hydrogen-bond acceptors (Lipinski definition) is 6. The highest BCUT2D eigenvalue weighted by atomic mass is 32.2. The van der Waals surface area contributed by atoms with Crippen molar-refractivity contribution in [3.05, 3.63) is 56.2 Å². The second-order valence-corrected chi connectivity index (χ2v) is 8.54. The molecule has 166 valence electrons. The van der Waals surface area contributed by atoms with Gasteiger partial charge in [0.1, 0.15) is 10.6 Å². The first-order chi connectivity index (χ1) is 14.8. The molecule has 3 rings (SSSR count). The molecule has 1 aromatic carbocycles. The average molecular weight is 445 g/mol. The first-order valence-electron chi connectivity index (χ1n) is 10.4. The molecule has 31 heavy (non-hydrogen) atoms. The van der Waals surface area contributed by atoms with Crippen LogP contribution in [0.3, 0.4) is 0 Å². The molecule has 1 aliphatic heterocycles. The van der Waals surface area contributed by atoms with E-state index in [2.05, 4.69) is 11.9 Å². The van der Waals surface area contributed by atoms with Crippen molar-refractivity contribution >= 4 is 28.4 Å². The summed E-state index contributed by atoms with van der Waals surface area (Å²) in [6.45, 7) is 3.52. The normalized spacial score (nSPS) is 14.7. The monoisotopic (exact) mass is 444 g/mol. The van der Waals surface area contributed by atoms with Crippen LogP contribution in [0.15, 0.2) is 38.8 Å². The molecule has 1 saturated heterocycles. The van der Waals surface area contributed by atoms with E-state index in [0.717, 1.165) is 65.2 Å². The van der Waals surface area contributed by atoms with Crippen molar-refractivity contribution in [2.24, 2.45) is 19.1 Å². The number of aryl methyl sites for hydroxylation is 1. The van der Waals surface area contributed by atoms with Gasteiger partial charge in [-0.3, -0.25) is 18.7 Å². The number of carbonyl (C=O) groups excluding carboxylic acids is 1. The maximum atomic E-state index is 12.8. The lowest BCUT2D eigenvalue weighted by Gasteiger charge is -2.26. The number of piperidine rings is 1. The van der Waals surface area contributed by atoms with E-state index in [4.69, 9.17) is 0 Å². The van der Waals surface area contributed by atoms with Gasteiger partial charge in [0.25, 0.3) is 5.56 Å². The van der Waals surface area contributed by atoms with E-state index < -0.39 is 17.1 Å². The minimum atomic E-state index is -0.651. The van der Waals surface area contributed by atoms with E-state index in [1.54, 1.807) is 0 Å². The lowest BCUT2D eigenvalue weighted by atomic mass is 10.1. The molecule has 0 aliphatic carbocycles. The van der Waals surface area contributed by atoms with Crippen molar-refractivity contribution in [2.45, 2.75) is 32.6 Å². The standard InChI is InChI=1S/C22H28N4O4S/c1-4-15-8-10-16(11-9-15)23-19(31-14-17(27)26-12-6-5-7-13-26)18-20(28)24(2)22(30)25(3)21(18)29/h8-11,28H,4-7,12-14H2,1-3H3. The van der Waals surface area contributed by atoms with Gasteiger partial charge in [0.05, 0.1) is 11.4 Å². The smallest absolute Gasteiger partial charge is 0.333 e. The van der Waals surface area contributed by atoms with Crippen LogP contribution in [-0.4, -0.2) is 48.9 Å². The largest absolute Gasteiger partial charge is 0.494 e. The van der Waals surface area contributed by atoms with Crippen LogP contribution in [0.2, 0.25) is 0 Å². The Balaban J connectivity index is 2.00. The van der Waals surface area contributed by atoms with E-state index >= 15 is 0 Å². The molecule has 1 fully saturated rings. The van der Waals surface area contributed by atoms with Crippen LogP contribution in [0.5, 0.6) is 5.88 Å². The summed E-state index contributed by atoms with van der Waals surface area (Å²) >= 11 is 1.10. The molecular weight excluding hydrogens is 416 g/mol. The highest BCUT2D eigenvalue weighted by molar-refractivity contribution is 8.15. The number of nitrogens with zero attached hydrogens (tertiary/aromatic N) is 4. The number of aromatic nitrogens is 2. The molecule has 2 aromatic rings. The summed E-state index contributed by atoms with van der Waals surface area (Å²) in [5.74, 6) is -0.396. The third-order valence-corrected chi connectivity index (χ3v) is 6.42. The van der Waals surface area contributed by atoms with Crippen LogP contribution in [0.4, 0.5) is 5.69 Å². The zero-order valence-electron chi connectivity index (χ0n) is 18.1. The summed E-state index contributed by atoms with van der Waals surface area (Å²) in [5.41, 5.74) is 0.380. The number of rotatable bonds is 5. The number of thioether (sulfide) groups is 1. The van der Waals surface area contributed by atoms with Crippen LogP contribution in [-0.2, 0) is 25.3 Å². The third-order valence-electron chi connectivity index (χ3n) is 5.46. The van der Waals surface area contributed by atoms with Crippen LogP contribution < -0.4 is 11.2 Å². The Bertz CT molecular complexity index is 1100. The highest BCUT2D eigenvalue weighted by Crippen LogP contribution is 2.24. The first kappa shape index (κ1) is 22.9. The molecule has 0 radical (unpaired) electrons. The summed E-state index contributed by atoms with van der Waals surface area (Å²) in [4.78, 5) is 44.1. The highest BCUT2D eigenvalue weighted by Gasteiger charge is 2.23. The molecule has 2 heterocycles. The molecule has 8 nitrogen and oxygen atoms in total. The van der Waals surface area contributed by atoms with Gasteiger partial charge in [-0.2, -0.15) is 0 Å². The number of benzene rings is 1. The molecule has 0 bridgehead atoms. The Morgan fingerprint density at radius 3 is 2.32 bits per heavy atom. The van der Waals surface area contributed by atoms with Gasteiger partial charge in [-0.25, -0.2) is 9.79 Å². The van der Waals surface area contributed by atoms with Gasteiger partial charge in [0, 0.05) is 27.2 Å². The van der Waals surface area contributed by atoms with Crippen LogP contribution in [0, 0.1) is 0 Å². The number of aliphatic imine (C=N–C) groups is 1. The van der Waals surface area contributed by atoms with Gasteiger partial charge < -0.3 is 10.0 Å². The quantitative estimate of drug-likeness (QED) is 0.563. The minimum absolute atomic E-state index is 0.0279. The molecule has 9 heteroatoms. The Morgan fingerprint density at radius 1 is 1.06 bits per heavy atom. The summed E-state index contributed by atoms with van der Waals surface area (Å²) in [5, 5.41) is 10.8. The number of carbonyl (C=O) groups is 1. The topological polar surface area (TPSA) is 96.9 Å².